The number of amides is 2. The first-order chi connectivity index (χ1) is 15.7. The zero-order valence-electron chi connectivity index (χ0n) is 17.5. The molecule has 1 aliphatic rings. The molecule has 8 heteroatoms. The Morgan fingerprint density at radius 3 is 2.53 bits per heavy atom. The molecule has 0 spiro atoms. The van der Waals surface area contributed by atoms with Crippen molar-refractivity contribution in [2.45, 2.75) is 12.8 Å². The van der Waals surface area contributed by atoms with Crippen LogP contribution in [0.2, 0.25) is 0 Å². The number of carbonyl (C=O) groups excluding carboxylic acids is 2. The molecule has 0 saturated carbocycles. The zero-order chi connectivity index (χ0) is 22.2. The molecule has 1 aromatic heterocycles. The number of benzene rings is 2. The van der Waals surface area contributed by atoms with Crippen LogP contribution in [0.25, 0.3) is 0 Å². The summed E-state index contributed by atoms with van der Waals surface area (Å²) in [6.45, 7) is 1.06. The van der Waals surface area contributed by atoms with Crippen LogP contribution in [0.5, 0.6) is 17.4 Å². The van der Waals surface area contributed by atoms with E-state index in [1.165, 1.54) is 6.20 Å². The topological polar surface area (TPSA) is 93.6 Å². The van der Waals surface area contributed by atoms with Crippen molar-refractivity contribution in [3.63, 3.8) is 0 Å². The lowest BCUT2D eigenvalue weighted by atomic mass is 9.95. The van der Waals surface area contributed by atoms with Crippen LogP contribution >= 0.6 is 0 Å². The molecule has 0 bridgehead atoms. The highest BCUT2D eigenvalue weighted by molar-refractivity contribution is 5.93. The van der Waals surface area contributed by atoms with Crippen molar-refractivity contribution in [2.24, 2.45) is 5.92 Å². The van der Waals surface area contributed by atoms with Crippen LogP contribution < -0.4 is 14.8 Å². The van der Waals surface area contributed by atoms with Gasteiger partial charge in [-0.25, -0.2) is 4.98 Å². The predicted molar refractivity (Wildman–Crippen MR) is 118 cm³/mol. The van der Waals surface area contributed by atoms with Crippen molar-refractivity contribution in [1.29, 1.82) is 0 Å². The second-order valence-corrected chi connectivity index (χ2v) is 7.42. The summed E-state index contributed by atoms with van der Waals surface area (Å²) in [5, 5.41) is 2.95. The highest BCUT2D eigenvalue weighted by Crippen LogP contribution is 2.24. The molecule has 0 aliphatic carbocycles. The molecule has 1 fully saturated rings. The number of nitrogens with one attached hydrogen (secondary N) is 1. The van der Waals surface area contributed by atoms with E-state index < -0.39 is 0 Å². The highest BCUT2D eigenvalue weighted by Gasteiger charge is 2.27. The predicted octanol–water partition coefficient (Wildman–Crippen LogP) is 3.53. The van der Waals surface area contributed by atoms with E-state index in [0.717, 1.165) is 0 Å². The van der Waals surface area contributed by atoms with Gasteiger partial charge in [-0.1, -0.05) is 24.3 Å². The molecule has 1 N–H and O–H groups in total. The fourth-order valence-electron chi connectivity index (χ4n) is 3.48. The molecule has 0 radical (unpaired) electrons. The third kappa shape index (κ3) is 5.81. The molecule has 3 aromatic rings. The van der Waals surface area contributed by atoms with E-state index in [2.05, 4.69) is 15.3 Å². The SMILES string of the molecule is O=C(Nc1cccc(Oc2cnccn2)c1)C1CCN(C(=O)COc2ccccc2)CC1. The molecular weight excluding hydrogens is 408 g/mol. The molecule has 32 heavy (non-hydrogen) atoms. The van der Waals surface area contributed by atoms with Crippen LogP contribution in [-0.2, 0) is 9.59 Å². The smallest absolute Gasteiger partial charge is 0.260 e. The normalized spacial score (nSPS) is 13.9. The number of aromatic nitrogens is 2. The summed E-state index contributed by atoms with van der Waals surface area (Å²) in [5.74, 6) is 1.32. The molecule has 1 saturated heterocycles. The number of rotatable bonds is 7. The van der Waals surface area contributed by atoms with Crippen molar-refractivity contribution in [1.82, 2.24) is 14.9 Å². The van der Waals surface area contributed by atoms with Crippen molar-refractivity contribution in [3.8, 4) is 17.4 Å². The monoisotopic (exact) mass is 432 g/mol. The maximum Gasteiger partial charge on any atom is 0.260 e. The minimum atomic E-state index is -0.154. The minimum absolute atomic E-state index is 0.000536. The Hall–Kier alpha value is -3.94. The van der Waals surface area contributed by atoms with Gasteiger partial charge >= 0.3 is 0 Å². The number of likely N-dealkylation sites (tertiary alicyclic amines) is 1. The Balaban J connectivity index is 1.25. The average molecular weight is 432 g/mol. The quantitative estimate of drug-likeness (QED) is 0.614. The third-order valence-corrected chi connectivity index (χ3v) is 5.19. The van der Waals surface area contributed by atoms with Crippen LogP contribution in [0.1, 0.15) is 12.8 Å². The Morgan fingerprint density at radius 1 is 1.00 bits per heavy atom. The lowest BCUT2D eigenvalue weighted by Crippen LogP contribution is -2.43. The van der Waals surface area contributed by atoms with Crippen LogP contribution in [0, 0.1) is 5.92 Å². The van der Waals surface area contributed by atoms with Gasteiger partial charge in [-0.15, -0.1) is 0 Å². The van der Waals surface area contributed by atoms with Crippen molar-refractivity contribution in [3.05, 3.63) is 73.2 Å². The Kier molecular flexibility index (Phi) is 6.91. The Bertz CT molecular complexity index is 1040. The van der Waals surface area contributed by atoms with E-state index in [-0.39, 0.29) is 24.3 Å². The number of hydrogen-bond acceptors (Lipinski definition) is 6. The molecule has 8 nitrogen and oxygen atoms in total. The summed E-state index contributed by atoms with van der Waals surface area (Å²) in [6.07, 6.45) is 5.85. The maximum absolute atomic E-state index is 12.7. The molecule has 2 amide bonds. The summed E-state index contributed by atoms with van der Waals surface area (Å²) >= 11 is 0. The van der Waals surface area contributed by atoms with E-state index in [1.807, 2.05) is 30.3 Å². The van der Waals surface area contributed by atoms with Gasteiger partial charge in [0.15, 0.2) is 6.61 Å². The lowest BCUT2D eigenvalue weighted by Gasteiger charge is -2.31. The second kappa shape index (κ2) is 10.4. The van der Waals surface area contributed by atoms with Gasteiger partial charge in [-0.05, 0) is 37.1 Å². The Morgan fingerprint density at radius 2 is 1.78 bits per heavy atom. The van der Waals surface area contributed by atoms with Crippen molar-refractivity contribution in [2.75, 3.05) is 25.0 Å². The van der Waals surface area contributed by atoms with Crippen LogP contribution in [-0.4, -0.2) is 46.4 Å². The third-order valence-electron chi connectivity index (χ3n) is 5.19. The minimum Gasteiger partial charge on any atom is -0.484 e. The van der Waals surface area contributed by atoms with Gasteiger partial charge < -0.3 is 19.7 Å². The van der Waals surface area contributed by atoms with Gasteiger partial charge in [-0.3, -0.25) is 14.6 Å². The fraction of sp³-hybridized carbons (Fsp3) is 0.250. The standard InChI is InChI=1S/C24H24N4O4/c29-23(17-31-20-6-2-1-3-7-20)28-13-9-18(10-14-28)24(30)27-19-5-4-8-21(15-19)32-22-16-25-11-12-26-22/h1-8,11-12,15-16,18H,9-10,13-14,17H2,(H,27,30). The van der Waals surface area contributed by atoms with E-state index in [9.17, 15) is 9.59 Å². The molecule has 164 valence electrons. The van der Waals surface area contributed by atoms with Gasteiger partial charge in [0.1, 0.15) is 11.5 Å². The van der Waals surface area contributed by atoms with Crippen LogP contribution in [0.3, 0.4) is 0 Å². The number of nitrogens with zero attached hydrogens (tertiary/aromatic N) is 3. The maximum atomic E-state index is 12.7. The summed E-state index contributed by atoms with van der Waals surface area (Å²) in [7, 11) is 0. The summed E-state index contributed by atoms with van der Waals surface area (Å²) in [5.41, 5.74) is 0.645. The van der Waals surface area contributed by atoms with Crippen molar-refractivity contribution < 1.29 is 19.1 Å². The van der Waals surface area contributed by atoms with Gasteiger partial charge in [0.2, 0.25) is 11.8 Å². The van der Waals surface area contributed by atoms with Gasteiger partial charge in [0.05, 0.1) is 6.20 Å². The molecule has 0 atom stereocenters. The number of piperidine rings is 1. The summed E-state index contributed by atoms with van der Waals surface area (Å²) in [6, 6.07) is 16.4. The van der Waals surface area contributed by atoms with E-state index in [1.54, 1.807) is 41.6 Å². The first kappa shape index (κ1) is 21.3. The van der Waals surface area contributed by atoms with Gasteiger partial charge in [0.25, 0.3) is 5.91 Å². The Labute approximate surface area is 186 Å². The fourth-order valence-corrected chi connectivity index (χ4v) is 3.48. The van der Waals surface area contributed by atoms with Crippen LogP contribution in [0.4, 0.5) is 5.69 Å². The molecule has 2 heterocycles. The van der Waals surface area contributed by atoms with Gasteiger partial charge in [0, 0.05) is 43.2 Å². The summed E-state index contributed by atoms with van der Waals surface area (Å²) in [4.78, 5) is 34.9. The number of hydrogen-bond donors (Lipinski definition) is 1. The first-order valence-corrected chi connectivity index (χ1v) is 10.5. The summed E-state index contributed by atoms with van der Waals surface area (Å²) < 4.78 is 11.2. The van der Waals surface area contributed by atoms with E-state index in [4.69, 9.17) is 9.47 Å². The lowest BCUT2D eigenvalue weighted by molar-refractivity contribution is -0.136. The average Bonchev–Trinajstić information content (AvgIpc) is 2.84. The van der Waals surface area contributed by atoms with Crippen molar-refractivity contribution >= 4 is 17.5 Å². The number of para-hydroxylation sites is 1. The number of anilines is 1. The molecule has 0 unspecified atom stereocenters. The number of carbonyl (C=O) groups is 2. The largest absolute Gasteiger partial charge is 0.484 e. The molecule has 1 aliphatic heterocycles. The first-order valence-electron chi connectivity index (χ1n) is 10.5. The number of ether oxygens (including phenoxy) is 2. The molecule has 4 rings (SSSR count). The van der Waals surface area contributed by atoms with E-state index in [0.29, 0.717) is 49.0 Å². The molecular formula is C24H24N4O4. The van der Waals surface area contributed by atoms with Gasteiger partial charge in [-0.2, -0.15) is 0 Å². The highest BCUT2D eigenvalue weighted by atomic mass is 16.5. The molecule has 2 aromatic carbocycles. The second-order valence-electron chi connectivity index (χ2n) is 7.42. The van der Waals surface area contributed by atoms with Crippen LogP contribution in [0.15, 0.2) is 73.2 Å². The van der Waals surface area contributed by atoms with E-state index >= 15 is 0 Å². The zero-order valence-corrected chi connectivity index (χ0v) is 17.5.